The van der Waals surface area contributed by atoms with E-state index in [2.05, 4.69) is 0 Å². The molecule has 0 aliphatic rings. The normalized spacial score (nSPS) is 12.8. The van der Waals surface area contributed by atoms with E-state index in [1.165, 1.54) is 24.3 Å². The molecule has 164 valence electrons. The summed E-state index contributed by atoms with van der Waals surface area (Å²) in [6.07, 6.45) is 0. The fraction of sp³-hybridized carbons (Fsp3) is 0.182. The van der Waals surface area contributed by atoms with E-state index >= 15 is 0 Å². The van der Waals surface area contributed by atoms with Crippen molar-refractivity contribution < 1.29 is 16.8 Å². The van der Waals surface area contributed by atoms with Gasteiger partial charge in [0, 0.05) is 5.56 Å². The van der Waals surface area contributed by atoms with Crippen LogP contribution in [-0.4, -0.2) is 16.8 Å². The Balaban J connectivity index is 2.07. The van der Waals surface area contributed by atoms with Gasteiger partial charge in [-0.15, -0.1) is 0 Å². The van der Waals surface area contributed by atoms with Crippen LogP contribution in [-0.2, 0) is 35.0 Å². The summed E-state index contributed by atoms with van der Waals surface area (Å²) in [5.74, 6) is -0.836. The van der Waals surface area contributed by atoms with E-state index in [4.69, 9.17) is 34.8 Å². The Bertz CT molecular complexity index is 1150. The van der Waals surface area contributed by atoms with Gasteiger partial charge < -0.3 is 0 Å². The first-order chi connectivity index (χ1) is 14.5. The highest BCUT2D eigenvalue weighted by molar-refractivity contribution is 8.07. The maximum atomic E-state index is 13.4. The molecule has 0 atom stereocenters. The summed E-state index contributed by atoms with van der Waals surface area (Å²) >= 11 is 17.6. The van der Waals surface area contributed by atoms with E-state index in [0.717, 1.165) is 0 Å². The van der Waals surface area contributed by atoms with Crippen molar-refractivity contribution >= 4 is 54.5 Å². The van der Waals surface area contributed by atoms with Crippen LogP contribution in [0.15, 0.2) is 84.9 Å². The topological polar surface area (TPSA) is 68.3 Å². The number of sulfone groups is 2. The third-order valence-electron chi connectivity index (χ3n) is 4.58. The molecule has 0 aliphatic carbocycles. The number of rotatable bonds is 7. The number of halogens is 3. The highest BCUT2D eigenvalue weighted by atomic mass is 35.6. The summed E-state index contributed by atoms with van der Waals surface area (Å²) < 4.78 is 50.0. The van der Waals surface area contributed by atoms with Crippen LogP contribution in [0.3, 0.4) is 0 Å². The van der Waals surface area contributed by atoms with Crippen LogP contribution in [0.5, 0.6) is 0 Å². The Kier molecular flexibility index (Phi) is 7.39. The molecule has 4 nitrogen and oxygen atoms in total. The first-order valence-electron chi connectivity index (χ1n) is 9.17. The molecule has 0 unspecified atom stereocenters. The smallest absolute Gasteiger partial charge is 0.216 e. The molecule has 3 rings (SSSR count). The van der Waals surface area contributed by atoms with Crippen molar-refractivity contribution in [1.29, 1.82) is 0 Å². The van der Waals surface area contributed by atoms with Gasteiger partial charge in [-0.3, -0.25) is 0 Å². The number of hydrogen-bond donors (Lipinski definition) is 0. The zero-order chi connectivity index (χ0) is 22.7. The molecule has 3 aromatic rings. The Morgan fingerprint density at radius 3 is 1.35 bits per heavy atom. The molecular weight excluding hydrogens is 499 g/mol. The third-order valence-corrected chi connectivity index (χ3v) is 10.3. The summed E-state index contributed by atoms with van der Waals surface area (Å²) in [7, 11) is -8.28. The Morgan fingerprint density at radius 1 is 0.613 bits per heavy atom. The zero-order valence-corrected chi connectivity index (χ0v) is 20.1. The molecule has 0 N–H and O–H groups in total. The Morgan fingerprint density at radius 2 is 1.00 bits per heavy atom. The second kappa shape index (κ2) is 9.51. The van der Waals surface area contributed by atoms with Gasteiger partial charge in [-0.05, 0) is 16.7 Å². The highest BCUT2D eigenvalue weighted by Gasteiger charge is 2.39. The second-order valence-electron chi connectivity index (χ2n) is 7.04. The van der Waals surface area contributed by atoms with Crippen molar-refractivity contribution in [3.8, 4) is 0 Å². The summed E-state index contributed by atoms with van der Waals surface area (Å²) in [5, 5.41) is 0. The van der Waals surface area contributed by atoms with Crippen LogP contribution in [0.2, 0.25) is 0 Å². The monoisotopic (exact) mass is 516 g/mol. The number of alkyl halides is 3. The highest BCUT2D eigenvalue weighted by Crippen LogP contribution is 2.40. The second-order valence-corrected chi connectivity index (χ2v) is 13.8. The lowest BCUT2D eigenvalue weighted by Gasteiger charge is -2.20. The summed E-state index contributed by atoms with van der Waals surface area (Å²) in [5.41, 5.74) is 1.41. The standard InChI is InChI=1S/C22H19Cl3O4S2/c23-22(24,25)20-13-11-19(12-14-20)21(30(26,27)15-17-7-3-1-4-8-17)31(28,29)16-18-9-5-2-6-10-18/h1-14,21H,15-16H2. The molecule has 3 aromatic carbocycles. The number of hydrogen-bond acceptors (Lipinski definition) is 4. The predicted octanol–water partition coefficient (Wildman–Crippen LogP) is 5.74. The van der Waals surface area contributed by atoms with E-state index < -0.39 is 39.6 Å². The Hall–Kier alpha value is -1.57. The Labute approximate surface area is 197 Å². The summed E-state index contributed by atoms with van der Waals surface area (Å²) in [6, 6.07) is 22.5. The molecular formula is C22H19Cl3O4S2. The largest absolute Gasteiger partial charge is 0.227 e. The maximum Gasteiger partial charge on any atom is 0.216 e. The van der Waals surface area contributed by atoms with E-state index in [0.29, 0.717) is 16.7 Å². The quantitative estimate of drug-likeness (QED) is 0.375. The molecule has 0 amide bonds. The molecule has 0 aliphatic heterocycles. The van der Waals surface area contributed by atoms with Gasteiger partial charge in [0.25, 0.3) is 0 Å². The maximum absolute atomic E-state index is 13.4. The predicted molar refractivity (Wildman–Crippen MR) is 127 cm³/mol. The van der Waals surface area contributed by atoms with Gasteiger partial charge in [-0.1, -0.05) is 120 Å². The van der Waals surface area contributed by atoms with Gasteiger partial charge in [-0.2, -0.15) is 0 Å². The van der Waals surface area contributed by atoms with Crippen LogP contribution < -0.4 is 0 Å². The van der Waals surface area contributed by atoms with Crippen LogP contribution >= 0.6 is 34.8 Å². The average Bonchev–Trinajstić information content (AvgIpc) is 2.68. The van der Waals surface area contributed by atoms with Gasteiger partial charge in [-0.25, -0.2) is 16.8 Å². The molecule has 0 saturated carbocycles. The van der Waals surface area contributed by atoms with E-state index in [1.807, 2.05) is 0 Å². The molecule has 0 radical (unpaired) electrons. The van der Waals surface area contributed by atoms with Crippen LogP contribution in [0.4, 0.5) is 0 Å². The number of benzene rings is 3. The van der Waals surface area contributed by atoms with E-state index in [-0.39, 0.29) is 5.56 Å². The van der Waals surface area contributed by atoms with Crippen LogP contribution in [0.25, 0.3) is 0 Å². The van der Waals surface area contributed by atoms with Crippen molar-refractivity contribution in [3.05, 3.63) is 107 Å². The molecule has 0 spiro atoms. The van der Waals surface area contributed by atoms with Gasteiger partial charge in [0.15, 0.2) is 24.3 Å². The van der Waals surface area contributed by atoms with Crippen molar-refractivity contribution in [3.63, 3.8) is 0 Å². The van der Waals surface area contributed by atoms with Crippen molar-refractivity contribution in [2.75, 3.05) is 0 Å². The average molecular weight is 518 g/mol. The van der Waals surface area contributed by atoms with Gasteiger partial charge in [0.05, 0.1) is 11.5 Å². The summed E-state index contributed by atoms with van der Waals surface area (Å²) in [6.45, 7) is 0. The van der Waals surface area contributed by atoms with Crippen LogP contribution in [0.1, 0.15) is 26.8 Å². The minimum absolute atomic E-state index is 0.102. The van der Waals surface area contributed by atoms with Crippen molar-refractivity contribution in [1.82, 2.24) is 0 Å². The minimum Gasteiger partial charge on any atom is -0.227 e. The SMILES string of the molecule is O=S(=O)(Cc1ccccc1)C(c1ccc(C(Cl)(Cl)Cl)cc1)S(=O)(=O)Cc1ccccc1. The first-order valence-corrected chi connectivity index (χ1v) is 13.7. The minimum atomic E-state index is -4.14. The lowest BCUT2D eigenvalue weighted by molar-refractivity contribution is 0.575. The van der Waals surface area contributed by atoms with Gasteiger partial charge in [0.2, 0.25) is 3.79 Å². The third kappa shape index (κ3) is 6.24. The molecule has 0 heterocycles. The lowest BCUT2D eigenvalue weighted by atomic mass is 10.2. The molecule has 31 heavy (non-hydrogen) atoms. The molecule has 9 heteroatoms. The van der Waals surface area contributed by atoms with Crippen LogP contribution in [0, 0.1) is 0 Å². The molecule has 0 bridgehead atoms. The van der Waals surface area contributed by atoms with E-state index in [9.17, 15) is 16.8 Å². The molecule has 0 saturated heterocycles. The van der Waals surface area contributed by atoms with Crippen molar-refractivity contribution in [2.45, 2.75) is 19.9 Å². The summed E-state index contributed by atoms with van der Waals surface area (Å²) in [4.78, 5) is 0. The fourth-order valence-electron chi connectivity index (χ4n) is 3.23. The molecule has 0 fully saturated rings. The zero-order valence-electron chi connectivity index (χ0n) is 16.2. The van der Waals surface area contributed by atoms with E-state index in [1.54, 1.807) is 60.7 Å². The molecule has 0 aromatic heterocycles. The lowest BCUT2D eigenvalue weighted by Crippen LogP contribution is -2.25. The van der Waals surface area contributed by atoms with Gasteiger partial charge >= 0.3 is 0 Å². The first kappa shape index (κ1) is 24.1. The fourth-order valence-corrected chi connectivity index (χ4v) is 8.57. The van der Waals surface area contributed by atoms with Gasteiger partial charge in [0.1, 0.15) is 0 Å². The van der Waals surface area contributed by atoms with Crippen molar-refractivity contribution in [2.24, 2.45) is 0 Å².